The average molecular weight is 402 g/mol. The second kappa shape index (κ2) is 7.63. The Kier molecular flexibility index (Phi) is 5.42. The highest BCUT2D eigenvalue weighted by Gasteiger charge is 2.44. The van der Waals surface area contributed by atoms with Gasteiger partial charge in [-0.2, -0.15) is 0 Å². The zero-order valence-electron chi connectivity index (χ0n) is 15.9. The second-order valence-electron chi connectivity index (χ2n) is 6.74. The van der Waals surface area contributed by atoms with Crippen LogP contribution in [0.15, 0.2) is 47.4 Å². The Balaban J connectivity index is 1.90. The minimum atomic E-state index is -4.16. The van der Waals surface area contributed by atoms with Crippen LogP contribution in [0.2, 0.25) is 0 Å². The lowest BCUT2D eigenvalue weighted by Gasteiger charge is -2.24. The molecule has 1 fully saturated rings. The van der Waals surface area contributed by atoms with E-state index in [-0.39, 0.29) is 17.7 Å². The monoisotopic (exact) mass is 402 g/mol. The van der Waals surface area contributed by atoms with Crippen molar-refractivity contribution >= 4 is 27.5 Å². The van der Waals surface area contributed by atoms with Crippen molar-refractivity contribution in [3.05, 3.63) is 53.6 Å². The van der Waals surface area contributed by atoms with Crippen LogP contribution in [0.4, 0.5) is 5.69 Å². The number of ether oxygens (including phenoxy) is 1. The van der Waals surface area contributed by atoms with E-state index in [1.54, 1.807) is 25.1 Å². The van der Waals surface area contributed by atoms with Gasteiger partial charge < -0.3 is 10.1 Å². The third kappa shape index (κ3) is 3.73. The number of rotatable bonds is 5. The van der Waals surface area contributed by atoms with E-state index in [1.807, 2.05) is 13.0 Å². The van der Waals surface area contributed by atoms with Crippen molar-refractivity contribution in [3.8, 4) is 5.75 Å². The standard InChI is InChI=1S/C20H22N2O5S/c1-13-5-4-6-15(11-13)21-20(24)17-8-10-19(23)22(17)28(25,26)16-7-9-18(27-3)14(2)12-16/h4-7,9,11-12,17H,8,10H2,1-3H3,(H,21,24)/t17-/m0/s1. The number of anilines is 1. The van der Waals surface area contributed by atoms with Gasteiger partial charge in [0.05, 0.1) is 12.0 Å². The lowest BCUT2D eigenvalue weighted by Crippen LogP contribution is -2.45. The maximum absolute atomic E-state index is 13.1. The first-order chi connectivity index (χ1) is 13.2. The van der Waals surface area contributed by atoms with Crippen molar-refractivity contribution in [1.29, 1.82) is 0 Å². The van der Waals surface area contributed by atoms with Gasteiger partial charge in [0, 0.05) is 12.1 Å². The van der Waals surface area contributed by atoms with Gasteiger partial charge in [-0.05, 0) is 61.7 Å². The molecular formula is C20H22N2O5S. The first-order valence-corrected chi connectivity index (χ1v) is 10.3. The summed E-state index contributed by atoms with van der Waals surface area (Å²) >= 11 is 0. The van der Waals surface area contributed by atoms with Crippen LogP contribution in [0, 0.1) is 13.8 Å². The van der Waals surface area contributed by atoms with Gasteiger partial charge in [-0.1, -0.05) is 12.1 Å². The topological polar surface area (TPSA) is 92.8 Å². The molecule has 0 unspecified atom stereocenters. The summed E-state index contributed by atoms with van der Waals surface area (Å²) in [6, 6.07) is 10.4. The number of methoxy groups -OCH3 is 1. The van der Waals surface area contributed by atoms with E-state index in [1.165, 1.54) is 25.3 Å². The molecule has 0 saturated carbocycles. The molecule has 0 spiro atoms. The third-order valence-corrected chi connectivity index (χ3v) is 6.50. The molecule has 2 aromatic rings. The Morgan fingerprint density at radius 2 is 1.93 bits per heavy atom. The molecule has 2 aromatic carbocycles. The van der Waals surface area contributed by atoms with Crippen molar-refractivity contribution in [2.45, 2.75) is 37.6 Å². The highest BCUT2D eigenvalue weighted by atomic mass is 32.2. The summed E-state index contributed by atoms with van der Waals surface area (Å²) in [5, 5.41) is 2.71. The Morgan fingerprint density at radius 3 is 2.57 bits per heavy atom. The van der Waals surface area contributed by atoms with E-state index in [2.05, 4.69) is 5.32 Å². The fourth-order valence-electron chi connectivity index (χ4n) is 3.27. The number of benzene rings is 2. The molecule has 148 valence electrons. The van der Waals surface area contributed by atoms with Gasteiger partial charge in [0.25, 0.3) is 10.0 Å². The maximum Gasteiger partial charge on any atom is 0.267 e. The lowest BCUT2D eigenvalue weighted by molar-refractivity contribution is -0.128. The molecule has 3 rings (SSSR count). The Morgan fingerprint density at radius 1 is 1.18 bits per heavy atom. The van der Waals surface area contributed by atoms with Crippen LogP contribution < -0.4 is 10.1 Å². The quantitative estimate of drug-likeness (QED) is 0.830. The summed E-state index contributed by atoms with van der Waals surface area (Å²) in [5.74, 6) is -0.566. The van der Waals surface area contributed by atoms with Crippen LogP contribution in [0.1, 0.15) is 24.0 Å². The number of sulfonamides is 1. The van der Waals surface area contributed by atoms with Crippen LogP contribution >= 0.6 is 0 Å². The Bertz CT molecular complexity index is 1030. The molecule has 1 aliphatic rings. The molecule has 0 bridgehead atoms. The zero-order chi connectivity index (χ0) is 20.5. The van der Waals surface area contributed by atoms with Crippen LogP contribution in [0.5, 0.6) is 5.75 Å². The average Bonchev–Trinajstić information content (AvgIpc) is 3.04. The maximum atomic E-state index is 13.1. The van der Waals surface area contributed by atoms with E-state index in [4.69, 9.17) is 4.74 Å². The number of nitrogens with one attached hydrogen (secondary N) is 1. The number of hydrogen-bond acceptors (Lipinski definition) is 5. The van der Waals surface area contributed by atoms with Gasteiger partial charge in [0.2, 0.25) is 11.8 Å². The van der Waals surface area contributed by atoms with Crippen molar-refractivity contribution in [2.24, 2.45) is 0 Å². The summed E-state index contributed by atoms with van der Waals surface area (Å²) in [6.07, 6.45) is 0.144. The Labute approximate surface area is 164 Å². The van der Waals surface area contributed by atoms with E-state index in [9.17, 15) is 18.0 Å². The van der Waals surface area contributed by atoms with Crippen LogP contribution in [-0.4, -0.2) is 37.7 Å². The summed E-state index contributed by atoms with van der Waals surface area (Å²) in [4.78, 5) is 25.1. The third-order valence-electron chi connectivity index (χ3n) is 4.67. The van der Waals surface area contributed by atoms with Crippen LogP contribution in [0.25, 0.3) is 0 Å². The van der Waals surface area contributed by atoms with E-state index < -0.39 is 27.9 Å². The predicted molar refractivity (Wildman–Crippen MR) is 105 cm³/mol. The molecule has 28 heavy (non-hydrogen) atoms. The molecule has 0 aromatic heterocycles. The van der Waals surface area contributed by atoms with Gasteiger partial charge in [-0.15, -0.1) is 0 Å². The summed E-state index contributed by atoms with van der Waals surface area (Å²) in [6.45, 7) is 3.60. The molecule has 7 nitrogen and oxygen atoms in total. The molecule has 1 atom stereocenters. The first kappa shape index (κ1) is 19.9. The molecule has 1 heterocycles. The molecule has 1 N–H and O–H groups in total. The van der Waals surface area contributed by atoms with Gasteiger partial charge in [-0.25, -0.2) is 12.7 Å². The van der Waals surface area contributed by atoms with Crippen molar-refractivity contribution < 1.29 is 22.7 Å². The summed E-state index contributed by atoms with van der Waals surface area (Å²) in [5.41, 5.74) is 2.14. The fraction of sp³-hybridized carbons (Fsp3) is 0.300. The SMILES string of the molecule is COc1ccc(S(=O)(=O)N2C(=O)CC[C@H]2C(=O)Nc2cccc(C)c2)cc1C. The molecule has 1 saturated heterocycles. The normalized spacial score (nSPS) is 16.9. The van der Waals surface area contributed by atoms with Crippen molar-refractivity contribution in [2.75, 3.05) is 12.4 Å². The van der Waals surface area contributed by atoms with Crippen LogP contribution in [-0.2, 0) is 19.6 Å². The van der Waals surface area contributed by atoms with Gasteiger partial charge in [-0.3, -0.25) is 9.59 Å². The van der Waals surface area contributed by atoms with Gasteiger partial charge in [0.1, 0.15) is 11.8 Å². The van der Waals surface area contributed by atoms with Gasteiger partial charge >= 0.3 is 0 Å². The number of carbonyl (C=O) groups excluding carboxylic acids is 2. The van der Waals surface area contributed by atoms with E-state index in [0.717, 1.165) is 5.56 Å². The molecular weight excluding hydrogens is 380 g/mol. The molecule has 2 amide bonds. The lowest BCUT2D eigenvalue weighted by atomic mass is 10.2. The number of nitrogens with zero attached hydrogens (tertiary/aromatic N) is 1. The largest absolute Gasteiger partial charge is 0.496 e. The van der Waals surface area contributed by atoms with Crippen molar-refractivity contribution in [3.63, 3.8) is 0 Å². The highest BCUT2D eigenvalue weighted by Crippen LogP contribution is 2.30. The molecule has 0 aliphatic carbocycles. The van der Waals surface area contributed by atoms with Crippen molar-refractivity contribution in [1.82, 2.24) is 4.31 Å². The summed E-state index contributed by atoms with van der Waals surface area (Å²) < 4.78 is 32.1. The number of hydrogen-bond donors (Lipinski definition) is 1. The zero-order valence-corrected chi connectivity index (χ0v) is 16.7. The smallest absolute Gasteiger partial charge is 0.267 e. The predicted octanol–water partition coefficient (Wildman–Crippen LogP) is 2.63. The minimum Gasteiger partial charge on any atom is -0.496 e. The second-order valence-corrected chi connectivity index (χ2v) is 8.55. The molecule has 0 radical (unpaired) electrons. The van der Waals surface area contributed by atoms with Crippen LogP contribution in [0.3, 0.4) is 0 Å². The molecule has 1 aliphatic heterocycles. The summed E-state index contributed by atoms with van der Waals surface area (Å²) in [7, 11) is -2.67. The minimum absolute atomic E-state index is 0.000269. The molecule has 8 heteroatoms. The number of amides is 2. The number of carbonyl (C=O) groups is 2. The number of aryl methyl sites for hydroxylation is 2. The van der Waals surface area contributed by atoms with Gasteiger partial charge in [0.15, 0.2) is 0 Å². The Hall–Kier alpha value is -2.87. The van der Waals surface area contributed by atoms with E-state index in [0.29, 0.717) is 21.3 Å². The van der Waals surface area contributed by atoms with E-state index >= 15 is 0 Å². The highest BCUT2D eigenvalue weighted by molar-refractivity contribution is 7.89. The first-order valence-electron chi connectivity index (χ1n) is 8.83. The fourth-order valence-corrected chi connectivity index (χ4v) is 4.96.